The van der Waals surface area contributed by atoms with Crippen molar-refractivity contribution in [2.24, 2.45) is 11.8 Å². The second-order valence-electron chi connectivity index (χ2n) is 5.43. The minimum Gasteiger partial charge on any atom is -0.641 e. The van der Waals surface area contributed by atoms with Gasteiger partial charge in [-0.2, -0.15) is 0 Å². The molecule has 0 aliphatic heterocycles. The summed E-state index contributed by atoms with van der Waals surface area (Å²) in [5.74, 6) is 1.44. The summed E-state index contributed by atoms with van der Waals surface area (Å²) >= 11 is -1.34. The van der Waals surface area contributed by atoms with Crippen molar-refractivity contribution in [3.63, 3.8) is 0 Å². The van der Waals surface area contributed by atoms with Crippen molar-refractivity contribution in [2.75, 3.05) is 0 Å². The Balaban J connectivity index is 2.68. The highest BCUT2D eigenvalue weighted by molar-refractivity contribution is 6.52. The Labute approximate surface area is 109 Å². The zero-order chi connectivity index (χ0) is 12.8. The molecule has 3 heteroatoms. The first-order valence-electron chi connectivity index (χ1n) is 6.40. The van der Waals surface area contributed by atoms with Crippen LogP contribution in [0, 0.1) is 17.7 Å². The van der Waals surface area contributed by atoms with Gasteiger partial charge in [0.25, 0.3) is 0 Å². The molecule has 0 bridgehead atoms. The molecule has 1 aromatic rings. The van der Waals surface area contributed by atoms with Crippen molar-refractivity contribution in [3.8, 4) is 5.75 Å². The van der Waals surface area contributed by atoms with Crippen LogP contribution in [-0.2, 0) is 0 Å². The van der Waals surface area contributed by atoms with Crippen LogP contribution in [-0.4, -0.2) is 14.5 Å². The molecule has 0 atom stereocenters. The monoisotopic (exact) mass is 252 g/mol. The van der Waals surface area contributed by atoms with Gasteiger partial charge in [-0.3, -0.25) is 0 Å². The van der Waals surface area contributed by atoms with Crippen molar-refractivity contribution < 1.29 is 8.18 Å². The summed E-state index contributed by atoms with van der Waals surface area (Å²) in [6.45, 7) is 8.80. The van der Waals surface area contributed by atoms with Gasteiger partial charge in [0.05, 0.1) is 0 Å². The van der Waals surface area contributed by atoms with Crippen LogP contribution in [0.15, 0.2) is 24.3 Å². The van der Waals surface area contributed by atoms with Gasteiger partial charge in [0.2, 0.25) is 0 Å². The third-order valence-corrected chi connectivity index (χ3v) is 6.12. The summed E-state index contributed by atoms with van der Waals surface area (Å²) in [4.78, 5) is 0. The van der Waals surface area contributed by atoms with Crippen LogP contribution in [0.4, 0.5) is 4.39 Å². The lowest BCUT2D eigenvalue weighted by atomic mass is 10.3. The smallest absolute Gasteiger partial charge is 0.547 e. The fourth-order valence-corrected chi connectivity index (χ4v) is 5.00. The number of halogens is 1. The molecule has 1 nitrogen and oxygen atoms in total. The minimum absolute atomic E-state index is 0.238. The van der Waals surface area contributed by atoms with Gasteiger partial charge < -0.3 is 3.79 Å². The average molecular weight is 252 g/mol. The van der Waals surface area contributed by atoms with E-state index >= 15 is 0 Å². The topological polar surface area (TPSA) is 9.23 Å². The molecule has 0 radical (unpaired) electrons. The summed E-state index contributed by atoms with van der Waals surface area (Å²) < 4.78 is 19.5. The minimum atomic E-state index is -1.34. The van der Waals surface area contributed by atoms with Crippen molar-refractivity contribution in [1.82, 2.24) is 0 Å². The van der Waals surface area contributed by atoms with E-state index in [0.717, 1.165) is 10.6 Å². The summed E-state index contributed by atoms with van der Waals surface area (Å²) in [7, 11) is 0. The first kappa shape index (κ1) is 14.5. The Hall–Kier alpha value is -0.518. The maximum Gasteiger partial charge on any atom is 0.547 e. The van der Waals surface area contributed by atoms with Gasteiger partial charge in [-0.15, -0.1) is 0 Å². The Morgan fingerprint density at radius 3 is 2.06 bits per heavy atom. The molecule has 0 aromatic heterocycles. The quantitative estimate of drug-likeness (QED) is 0.677. The Kier molecular flexibility index (Phi) is 6.02. The Morgan fingerprint density at radius 2 is 1.59 bits per heavy atom. The molecule has 0 aliphatic rings. The van der Waals surface area contributed by atoms with Crippen LogP contribution in [0.5, 0.6) is 5.75 Å². The van der Waals surface area contributed by atoms with Crippen LogP contribution in [0.1, 0.15) is 27.7 Å². The van der Waals surface area contributed by atoms with E-state index in [0.29, 0.717) is 17.6 Å². The lowest BCUT2D eigenvalue weighted by Crippen LogP contribution is -2.25. The largest absolute Gasteiger partial charge is 0.641 e. The third-order valence-electron chi connectivity index (χ3n) is 2.60. The van der Waals surface area contributed by atoms with Crippen LogP contribution in [0.25, 0.3) is 0 Å². The highest BCUT2D eigenvalue weighted by Crippen LogP contribution is 2.22. The molecule has 94 valence electrons. The molecule has 0 saturated carbocycles. The molecular weight excluding hydrogens is 230 g/mol. The number of rotatable bonds is 6. The van der Waals surface area contributed by atoms with E-state index in [1.165, 1.54) is 6.07 Å². The zero-order valence-electron chi connectivity index (χ0n) is 11.2. The maximum atomic E-state index is 13.5. The molecule has 0 fully saturated rings. The van der Waals surface area contributed by atoms with Crippen molar-refractivity contribution in [1.29, 1.82) is 0 Å². The predicted octanol–water partition coefficient (Wildman–Crippen LogP) is 4.51. The molecule has 0 aliphatic carbocycles. The van der Waals surface area contributed by atoms with E-state index in [2.05, 4.69) is 27.7 Å². The molecule has 17 heavy (non-hydrogen) atoms. The first-order chi connectivity index (χ1) is 7.99. The average Bonchev–Trinajstić information content (AvgIpc) is 2.19. The number of hydrogen-bond donors (Lipinski definition) is 0. The van der Waals surface area contributed by atoms with Crippen molar-refractivity contribution in [2.45, 2.75) is 38.3 Å². The zero-order valence-corrected chi connectivity index (χ0v) is 12.4. The predicted molar refractivity (Wildman–Crippen MR) is 72.1 cm³/mol. The molecule has 1 aromatic carbocycles. The number of benzene rings is 1. The van der Waals surface area contributed by atoms with E-state index in [1.54, 1.807) is 12.1 Å². The SMILES string of the molecule is CC(C)[CH2][Al]([CH2]C(C)C)[O]c1ccccc1F. The van der Waals surface area contributed by atoms with E-state index < -0.39 is 14.5 Å². The number of hydrogen-bond acceptors (Lipinski definition) is 1. The lowest BCUT2D eigenvalue weighted by Gasteiger charge is -2.18. The fraction of sp³-hybridized carbons (Fsp3) is 0.571. The summed E-state index contributed by atoms with van der Waals surface area (Å²) in [5, 5.41) is 2.21. The number of para-hydroxylation sites is 1. The Bertz CT molecular complexity index is 329. The molecule has 0 spiro atoms. The molecule has 0 saturated heterocycles. The Morgan fingerprint density at radius 1 is 1.06 bits per heavy atom. The van der Waals surface area contributed by atoms with Gasteiger partial charge in [0.1, 0.15) is 5.75 Å². The molecule has 0 heterocycles. The van der Waals surface area contributed by atoms with E-state index in [-0.39, 0.29) is 5.82 Å². The normalized spacial score (nSPS) is 11.0. The standard InChI is InChI=1S/C6H5FO.2C4H9.Al/c7-5-3-1-2-4-6(5)8;2*1-4(2)3;/h1-4,8H;2*4H,1H2,2-3H3;/q;;;+1/p-1. The van der Waals surface area contributed by atoms with Crippen LogP contribution >= 0.6 is 0 Å². The summed E-state index contributed by atoms with van der Waals surface area (Å²) in [6, 6.07) is 6.72. The second kappa shape index (κ2) is 7.04. The summed E-state index contributed by atoms with van der Waals surface area (Å²) in [6.07, 6.45) is 0. The lowest BCUT2D eigenvalue weighted by molar-refractivity contribution is 0.482. The highest BCUT2D eigenvalue weighted by Gasteiger charge is 2.26. The second-order valence-corrected chi connectivity index (χ2v) is 7.85. The van der Waals surface area contributed by atoms with Crippen LogP contribution in [0.3, 0.4) is 0 Å². The van der Waals surface area contributed by atoms with Crippen molar-refractivity contribution in [3.05, 3.63) is 30.1 Å². The van der Waals surface area contributed by atoms with Gasteiger partial charge in [-0.25, -0.2) is 4.39 Å². The van der Waals surface area contributed by atoms with Gasteiger partial charge in [0.15, 0.2) is 5.82 Å². The van der Waals surface area contributed by atoms with E-state index in [4.69, 9.17) is 3.79 Å². The molecule has 1 rings (SSSR count). The van der Waals surface area contributed by atoms with Gasteiger partial charge in [0, 0.05) is 0 Å². The van der Waals surface area contributed by atoms with E-state index in [1.807, 2.05) is 6.07 Å². The molecule has 0 N–H and O–H groups in total. The van der Waals surface area contributed by atoms with Gasteiger partial charge >= 0.3 is 14.5 Å². The highest BCUT2D eigenvalue weighted by atomic mass is 27.2. The van der Waals surface area contributed by atoms with Gasteiger partial charge in [-0.05, 0) is 12.1 Å². The van der Waals surface area contributed by atoms with Crippen LogP contribution < -0.4 is 3.79 Å². The third kappa shape index (κ3) is 5.57. The van der Waals surface area contributed by atoms with Gasteiger partial charge in [-0.1, -0.05) is 62.2 Å². The fourth-order valence-electron chi connectivity index (χ4n) is 1.96. The molecule has 0 amide bonds. The maximum absolute atomic E-state index is 13.5. The summed E-state index contributed by atoms with van der Waals surface area (Å²) in [5.41, 5.74) is 0. The molecule has 0 unspecified atom stereocenters. The van der Waals surface area contributed by atoms with Crippen LogP contribution in [0.2, 0.25) is 10.6 Å². The van der Waals surface area contributed by atoms with Crippen molar-refractivity contribution >= 4 is 14.5 Å². The van der Waals surface area contributed by atoms with E-state index in [9.17, 15) is 4.39 Å². The first-order valence-corrected chi connectivity index (χ1v) is 8.50. The molecular formula is C14H22AlFO.